The Morgan fingerprint density at radius 1 is 1.53 bits per heavy atom. The van der Waals surface area contributed by atoms with Gasteiger partial charge in [-0.25, -0.2) is 0 Å². The minimum absolute atomic E-state index is 0.0136. The van der Waals surface area contributed by atoms with Gasteiger partial charge in [-0.05, 0) is 25.8 Å². The van der Waals surface area contributed by atoms with Crippen molar-refractivity contribution in [2.24, 2.45) is 17.1 Å². The zero-order valence-corrected chi connectivity index (χ0v) is 11.0. The molecule has 0 aromatic rings. The Morgan fingerprint density at radius 2 is 2.18 bits per heavy atom. The summed E-state index contributed by atoms with van der Waals surface area (Å²) in [5.74, 6) is 0.324. The average Bonchev–Trinajstić information content (AvgIpc) is 2.72. The van der Waals surface area contributed by atoms with Crippen LogP contribution in [0.2, 0.25) is 0 Å². The number of carbonyl (C=O) groups is 2. The molecule has 1 aliphatic heterocycles. The van der Waals surface area contributed by atoms with Crippen LogP contribution in [0, 0.1) is 11.3 Å². The zero-order chi connectivity index (χ0) is 13.1. The van der Waals surface area contributed by atoms with Crippen molar-refractivity contribution in [2.75, 3.05) is 26.7 Å². The van der Waals surface area contributed by atoms with Crippen molar-refractivity contribution >= 4 is 11.8 Å². The molecule has 0 aromatic carbocycles. The van der Waals surface area contributed by atoms with E-state index in [4.69, 9.17) is 5.73 Å². The van der Waals surface area contributed by atoms with Gasteiger partial charge in [0.05, 0.1) is 5.41 Å². The molecule has 0 aliphatic carbocycles. The third-order valence-electron chi connectivity index (χ3n) is 3.53. The number of hydrogen-bond donors (Lipinski definition) is 2. The Hall–Kier alpha value is -1.10. The van der Waals surface area contributed by atoms with E-state index in [0.29, 0.717) is 26.1 Å². The SMILES string of the molecule is CNC(=O)C1(C)CCN(C(=O)CC(C)CN)C1. The molecule has 0 saturated carbocycles. The number of amides is 2. The van der Waals surface area contributed by atoms with E-state index in [9.17, 15) is 9.59 Å². The molecule has 17 heavy (non-hydrogen) atoms. The van der Waals surface area contributed by atoms with Gasteiger partial charge in [0, 0.05) is 26.6 Å². The Bertz CT molecular complexity index is 306. The third kappa shape index (κ3) is 3.19. The Morgan fingerprint density at radius 3 is 2.71 bits per heavy atom. The number of nitrogens with two attached hydrogens (primary N) is 1. The van der Waals surface area contributed by atoms with Crippen molar-refractivity contribution in [3.05, 3.63) is 0 Å². The Labute approximate surface area is 103 Å². The lowest BCUT2D eigenvalue weighted by Crippen LogP contribution is -2.40. The minimum Gasteiger partial charge on any atom is -0.359 e. The first-order valence-corrected chi connectivity index (χ1v) is 6.13. The maximum Gasteiger partial charge on any atom is 0.227 e. The van der Waals surface area contributed by atoms with Crippen molar-refractivity contribution in [1.29, 1.82) is 0 Å². The second-order valence-electron chi connectivity index (χ2n) is 5.25. The van der Waals surface area contributed by atoms with E-state index in [1.165, 1.54) is 0 Å². The fourth-order valence-electron chi connectivity index (χ4n) is 2.17. The number of rotatable bonds is 4. The fourth-order valence-corrected chi connectivity index (χ4v) is 2.17. The molecule has 0 bridgehead atoms. The van der Waals surface area contributed by atoms with Crippen LogP contribution < -0.4 is 11.1 Å². The molecule has 5 nitrogen and oxygen atoms in total. The van der Waals surface area contributed by atoms with Crippen molar-refractivity contribution in [2.45, 2.75) is 26.7 Å². The van der Waals surface area contributed by atoms with Crippen molar-refractivity contribution in [3.8, 4) is 0 Å². The lowest BCUT2D eigenvalue weighted by Gasteiger charge is -2.23. The quantitative estimate of drug-likeness (QED) is 0.725. The highest BCUT2D eigenvalue weighted by Gasteiger charge is 2.41. The van der Waals surface area contributed by atoms with E-state index in [-0.39, 0.29) is 17.7 Å². The van der Waals surface area contributed by atoms with Crippen LogP contribution >= 0.6 is 0 Å². The monoisotopic (exact) mass is 241 g/mol. The smallest absolute Gasteiger partial charge is 0.227 e. The number of hydrogen-bond acceptors (Lipinski definition) is 3. The van der Waals surface area contributed by atoms with Crippen LogP contribution in [-0.2, 0) is 9.59 Å². The van der Waals surface area contributed by atoms with Gasteiger partial charge in [0.2, 0.25) is 11.8 Å². The molecule has 0 aromatic heterocycles. The number of nitrogens with zero attached hydrogens (tertiary/aromatic N) is 1. The summed E-state index contributed by atoms with van der Waals surface area (Å²) in [5, 5.41) is 2.66. The van der Waals surface area contributed by atoms with Crippen molar-refractivity contribution in [3.63, 3.8) is 0 Å². The maximum atomic E-state index is 12.0. The Balaban J connectivity index is 2.55. The van der Waals surface area contributed by atoms with Crippen LogP contribution in [0.15, 0.2) is 0 Å². The van der Waals surface area contributed by atoms with Gasteiger partial charge in [0.1, 0.15) is 0 Å². The molecule has 2 amide bonds. The topological polar surface area (TPSA) is 75.4 Å². The van der Waals surface area contributed by atoms with Crippen LogP contribution in [-0.4, -0.2) is 43.4 Å². The summed E-state index contributed by atoms with van der Waals surface area (Å²) >= 11 is 0. The lowest BCUT2D eigenvalue weighted by atomic mass is 9.89. The highest BCUT2D eigenvalue weighted by Crippen LogP contribution is 2.30. The standard InChI is InChI=1S/C12H23N3O2/c1-9(7-13)6-10(16)15-5-4-12(2,8-15)11(17)14-3/h9H,4-8,13H2,1-3H3,(H,14,17). The molecular weight excluding hydrogens is 218 g/mol. The molecule has 0 radical (unpaired) electrons. The zero-order valence-electron chi connectivity index (χ0n) is 11.0. The predicted molar refractivity (Wildman–Crippen MR) is 66.2 cm³/mol. The summed E-state index contributed by atoms with van der Waals surface area (Å²) in [6.07, 6.45) is 1.20. The molecular formula is C12H23N3O2. The first-order chi connectivity index (χ1) is 7.92. The van der Waals surface area contributed by atoms with Gasteiger partial charge < -0.3 is 16.0 Å². The number of carbonyl (C=O) groups excluding carboxylic acids is 2. The summed E-state index contributed by atoms with van der Waals surface area (Å²) in [4.78, 5) is 25.4. The van der Waals surface area contributed by atoms with Crippen LogP contribution in [0.25, 0.3) is 0 Å². The van der Waals surface area contributed by atoms with E-state index in [2.05, 4.69) is 5.32 Å². The predicted octanol–water partition coefficient (Wildman–Crippen LogP) is -0.0441. The maximum absolute atomic E-state index is 12.0. The van der Waals surface area contributed by atoms with E-state index < -0.39 is 5.41 Å². The molecule has 3 N–H and O–H groups in total. The second-order valence-corrected chi connectivity index (χ2v) is 5.25. The van der Waals surface area contributed by atoms with Crippen LogP contribution in [0.1, 0.15) is 26.7 Å². The van der Waals surface area contributed by atoms with E-state index in [0.717, 1.165) is 6.42 Å². The van der Waals surface area contributed by atoms with Gasteiger partial charge >= 0.3 is 0 Å². The summed E-state index contributed by atoms with van der Waals surface area (Å²) < 4.78 is 0. The van der Waals surface area contributed by atoms with E-state index >= 15 is 0 Å². The second kappa shape index (κ2) is 5.49. The highest BCUT2D eigenvalue weighted by atomic mass is 16.2. The normalized spacial score (nSPS) is 25.8. The minimum atomic E-state index is -0.434. The largest absolute Gasteiger partial charge is 0.359 e. The molecule has 0 spiro atoms. The summed E-state index contributed by atoms with van der Waals surface area (Å²) in [6, 6.07) is 0. The number of likely N-dealkylation sites (tertiary alicyclic amines) is 1. The highest BCUT2D eigenvalue weighted by molar-refractivity contribution is 5.84. The molecule has 5 heteroatoms. The molecule has 1 heterocycles. The molecule has 1 aliphatic rings. The fraction of sp³-hybridized carbons (Fsp3) is 0.833. The average molecular weight is 241 g/mol. The summed E-state index contributed by atoms with van der Waals surface area (Å²) in [7, 11) is 1.63. The van der Waals surface area contributed by atoms with Gasteiger partial charge in [0.25, 0.3) is 0 Å². The van der Waals surface area contributed by atoms with Crippen molar-refractivity contribution in [1.82, 2.24) is 10.2 Å². The molecule has 1 rings (SSSR count). The van der Waals surface area contributed by atoms with Crippen LogP contribution in [0.5, 0.6) is 0 Å². The molecule has 2 unspecified atom stereocenters. The van der Waals surface area contributed by atoms with Gasteiger partial charge in [-0.15, -0.1) is 0 Å². The Kier molecular flexibility index (Phi) is 4.51. The van der Waals surface area contributed by atoms with Crippen LogP contribution in [0.3, 0.4) is 0 Å². The van der Waals surface area contributed by atoms with Crippen LogP contribution in [0.4, 0.5) is 0 Å². The summed E-state index contributed by atoms with van der Waals surface area (Å²) in [5.41, 5.74) is 5.07. The van der Waals surface area contributed by atoms with Gasteiger partial charge in [0.15, 0.2) is 0 Å². The lowest BCUT2D eigenvalue weighted by molar-refractivity contribution is -0.133. The number of nitrogens with one attached hydrogen (secondary N) is 1. The van der Waals surface area contributed by atoms with Gasteiger partial charge in [-0.3, -0.25) is 9.59 Å². The molecule has 1 fully saturated rings. The van der Waals surface area contributed by atoms with Gasteiger partial charge in [-0.1, -0.05) is 6.92 Å². The van der Waals surface area contributed by atoms with E-state index in [1.807, 2.05) is 13.8 Å². The van der Waals surface area contributed by atoms with Gasteiger partial charge in [-0.2, -0.15) is 0 Å². The van der Waals surface area contributed by atoms with E-state index in [1.54, 1.807) is 11.9 Å². The molecule has 98 valence electrons. The molecule has 1 saturated heterocycles. The summed E-state index contributed by atoms with van der Waals surface area (Å²) in [6.45, 7) is 5.58. The third-order valence-corrected chi connectivity index (χ3v) is 3.53. The molecule has 2 atom stereocenters. The van der Waals surface area contributed by atoms with Crippen molar-refractivity contribution < 1.29 is 9.59 Å². The first kappa shape index (κ1) is 14.0. The first-order valence-electron chi connectivity index (χ1n) is 6.13.